The fraction of sp³-hybridized carbons (Fsp3) is 0.353. The first-order valence-corrected chi connectivity index (χ1v) is 6.96. The van der Waals surface area contributed by atoms with E-state index in [0.29, 0.717) is 6.10 Å². The summed E-state index contributed by atoms with van der Waals surface area (Å²) in [6.45, 7) is 0. The Morgan fingerprint density at radius 2 is 1.90 bits per heavy atom. The van der Waals surface area contributed by atoms with E-state index in [2.05, 4.69) is 0 Å². The summed E-state index contributed by atoms with van der Waals surface area (Å²) in [5, 5.41) is 0. The minimum absolute atomic E-state index is 0.304. The predicted octanol–water partition coefficient (Wildman–Crippen LogP) is 3.78. The molecule has 0 N–H and O–H groups in total. The standard InChI is InChI=1S/C17H20O3/c1-19-16-11-10-14(7-3-2-6-12-18)13-17(16)20-15-8-4-5-9-15/h2-3,6-7,10-13,15H,4-5,8-9H2,1H3/b6-2+,7-3+. The molecule has 3 nitrogen and oxygen atoms in total. The van der Waals surface area contributed by atoms with E-state index in [0.717, 1.165) is 36.2 Å². The van der Waals surface area contributed by atoms with Gasteiger partial charge in [0.25, 0.3) is 0 Å². The summed E-state index contributed by atoms with van der Waals surface area (Å²) in [6.07, 6.45) is 12.7. The molecule has 1 aliphatic rings. The smallest absolute Gasteiger partial charge is 0.162 e. The maximum Gasteiger partial charge on any atom is 0.162 e. The molecule has 0 amide bonds. The molecule has 1 aromatic rings. The molecule has 0 aromatic heterocycles. The topological polar surface area (TPSA) is 35.5 Å². The Morgan fingerprint density at radius 1 is 1.10 bits per heavy atom. The molecule has 1 aromatic carbocycles. The average molecular weight is 272 g/mol. The summed E-state index contributed by atoms with van der Waals surface area (Å²) < 4.78 is 11.4. The van der Waals surface area contributed by atoms with E-state index < -0.39 is 0 Å². The van der Waals surface area contributed by atoms with E-state index in [-0.39, 0.29) is 0 Å². The summed E-state index contributed by atoms with van der Waals surface area (Å²) in [6, 6.07) is 5.85. The highest BCUT2D eigenvalue weighted by molar-refractivity contribution is 5.66. The van der Waals surface area contributed by atoms with Gasteiger partial charge in [-0.15, -0.1) is 0 Å². The van der Waals surface area contributed by atoms with Crippen LogP contribution in [0, 0.1) is 0 Å². The van der Waals surface area contributed by atoms with Gasteiger partial charge in [0.1, 0.15) is 6.29 Å². The largest absolute Gasteiger partial charge is 0.493 e. The second-order valence-corrected chi connectivity index (χ2v) is 4.81. The van der Waals surface area contributed by atoms with Crippen LogP contribution < -0.4 is 9.47 Å². The number of hydrogen-bond donors (Lipinski definition) is 0. The zero-order valence-corrected chi connectivity index (χ0v) is 11.7. The monoisotopic (exact) mass is 272 g/mol. The number of carbonyl (C=O) groups excluding carboxylic acids is 1. The number of carbonyl (C=O) groups is 1. The molecule has 0 saturated heterocycles. The molecule has 1 aliphatic carbocycles. The van der Waals surface area contributed by atoms with Crippen LogP contribution >= 0.6 is 0 Å². The number of rotatable bonds is 6. The van der Waals surface area contributed by atoms with Gasteiger partial charge in [0.05, 0.1) is 13.2 Å². The third-order valence-electron chi connectivity index (χ3n) is 3.37. The van der Waals surface area contributed by atoms with Gasteiger partial charge < -0.3 is 9.47 Å². The van der Waals surface area contributed by atoms with Gasteiger partial charge in [-0.2, -0.15) is 0 Å². The van der Waals surface area contributed by atoms with Gasteiger partial charge in [0, 0.05) is 0 Å². The van der Waals surface area contributed by atoms with Crippen molar-refractivity contribution < 1.29 is 14.3 Å². The molecule has 2 rings (SSSR count). The van der Waals surface area contributed by atoms with E-state index >= 15 is 0 Å². The quantitative estimate of drug-likeness (QED) is 0.449. The fourth-order valence-electron chi connectivity index (χ4n) is 2.35. The second-order valence-electron chi connectivity index (χ2n) is 4.81. The van der Waals surface area contributed by atoms with Crippen LogP contribution in [0.3, 0.4) is 0 Å². The molecule has 1 saturated carbocycles. The number of benzene rings is 1. The molecule has 106 valence electrons. The lowest BCUT2D eigenvalue weighted by atomic mass is 10.2. The Labute approximate surface area is 119 Å². The Balaban J connectivity index is 2.12. The number of hydrogen-bond acceptors (Lipinski definition) is 3. The fourth-order valence-corrected chi connectivity index (χ4v) is 2.35. The second kappa shape index (κ2) is 7.53. The predicted molar refractivity (Wildman–Crippen MR) is 80.1 cm³/mol. The van der Waals surface area contributed by atoms with Crippen molar-refractivity contribution in [2.24, 2.45) is 0 Å². The molecule has 0 heterocycles. The molecule has 0 atom stereocenters. The van der Waals surface area contributed by atoms with Crippen molar-refractivity contribution in [3.8, 4) is 11.5 Å². The third kappa shape index (κ3) is 3.98. The van der Waals surface area contributed by atoms with Crippen molar-refractivity contribution in [1.82, 2.24) is 0 Å². The summed E-state index contributed by atoms with van der Waals surface area (Å²) in [5.74, 6) is 1.55. The molecule has 20 heavy (non-hydrogen) atoms. The molecular weight excluding hydrogens is 252 g/mol. The summed E-state index contributed by atoms with van der Waals surface area (Å²) in [4.78, 5) is 10.2. The van der Waals surface area contributed by atoms with E-state index in [9.17, 15) is 4.79 Å². The van der Waals surface area contributed by atoms with Gasteiger partial charge in [-0.05, 0) is 49.5 Å². The number of allylic oxidation sites excluding steroid dienone is 3. The zero-order valence-electron chi connectivity index (χ0n) is 11.7. The van der Waals surface area contributed by atoms with Crippen molar-refractivity contribution in [1.29, 1.82) is 0 Å². The van der Waals surface area contributed by atoms with Gasteiger partial charge in [-0.25, -0.2) is 0 Å². The SMILES string of the molecule is COc1ccc(/C=C/C=C/C=O)cc1OC1CCCC1. The summed E-state index contributed by atoms with van der Waals surface area (Å²) in [5.41, 5.74) is 1.02. The normalized spacial score (nSPS) is 16.1. The van der Waals surface area contributed by atoms with Crippen molar-refractivity contribution in [2.45, 2.75) is 31.8 Å². The average Bonchev–Trinajstić information content (AvgIpc) is 2.97. The molecule has 0 spiro atoms. The van der Waals surface area contributed by atoms with Crippen LogP contribution in [0.25, 0.3) is 6.08 Å². The Kier molecular flexibility index (Phi) is 5.42. The first-order valence-electron chi connectivity index (χ1n) is 6.96. The Bertz CT molecular complexity index is 497. The van der Waals surface area contributed by atoms with Gasteiger partial charge in [-0.1, -0.05) is 24.3 Å². The van der Waals surface area contributed by atoms with Crippen molar-refractivity contribution in [2.75, 3.05) is 7.11 Å². The van der Waals surface area contributed by atoms with Crippen LogP contribution in [0.15, 0.2) is 36.4 Å². The maximum atomic E-state index is 10.2. The highest BCUT2D eigenvalue weighted by atomic mass is 16.5. The van der Waals surface area contributed by atoms with Gasteiger partial charge in [-0.3, -0.25) is 4.79 Å². The maximum absolute atomic E-state index is 10.2. The van der Waals surface area contributed by atoms with E-state index in [1.54, 1.807) is 13.2 Å². The third-order valence-corrected chi connectivity index (χ3v) is 3.37. The van der Waals surface area contributed by atoms with Crippen molar-refractivity contribution in [3.05, 3.63) is 42.0 Å². The first kappa shape index (κ1) is 14.4. The van der Waals surface area contributed by atoms with E-state index in [1.165, 1.54) is 18.9 Å². The zero-order chi connectivity index (χ0) is 14.2. The Morgan fingerprint density at radius 3 is 2.60 bits per heavy atom. The first-order chi connectivity index (χ1) is 9.83. The van der Waals surface area contributed by atoms with Crippen LogP contribution in [-0.2, 0) is 4.79 Å². The van der Waals surface area contributed by atoms with Crippen LogP contribution in [0.5, 0.6) is 11.5 Å². The van der Waals surface area contributed by atoms with Crippen molar-refractivity contribution in [3.63, 3.8) is 0 Å². The van der Waals surface area contributed by atoms with Gasteiger partial charge in [0.15, 0.2) is 11.5 Å². The number of methoxy groups -OCH3 is 1. The minimum atomic E-state index is 0.304. The molecule has 0 bridgehead atoms. The lowest BCUT2D eigenvalue weighted by Crippen LogP contribution is -2.11. The number of ether oxygens (including phenoxy) is 2. The molecule has 0 radical (unpaired) electrons. The lowest BCUT2D eigenvalue weighted by molar-refractivity contribution is -0.104. The molecule has 3 heteroatoms. The van der Waals surface area contributed by atoms with Crippen LogP contribution in [0.2, 0.25) is 0 Å². The van der Waals surface area contributed by atoms with Crippen molar-refractivity contribution >= 4 is 12.4 Å². The van der Waals surface area contributed by atoms with Gasteiger partial charge >= 0.3 is 0 Å². The molecular formula is C17H20O3. The van der Waals surface area contributed by atoms with E-state index in [1.807, 2.05) is 30.4 Å². The van der Waals surface area contributed by atoms with Crippen LogP contribution in [0.4, 0.5) is 0 Å². The van der Waals surface area contributed by atoms with Crippen LogP contribution in [-0.4, -0.2) is 19.5 Å². The summed E-state index contributed by atoms with van der Waals surface area (Å²) in [7, 11) is 1.65. The van der Waals surface area contributed by atoms with Gasteiger partial charge in [0.2, 0.25) is 0 Å². The molecule has 0 aliphatic heterocycles. The summed E-state index contributed by atoms with van der Waals surface area (Å²) >= 11 is 0. The van der Waals surface area contributed by atoms with E-state index in [4.69, 9.17) is 9.47 Å². The Hall–Kier alpha value is -2.03. The minimum Gasteiger partial charge on any atom is -0.493 e. The highest BCUT2D eigenvalue weighted by Crippen LogP contribution is 2.32. The molecule has 0 unspecified atom stereocenters. The number of aldehydes is 1. The highest BCUT2D eigenvalue weighted by Gasteiger charge is 2.18. The molecule has 1 fully saturated rings. The van der Waals surface area contributed by atoms with Crippen LogP contribution in [0.1, 0.15) is 31.2 Å². The lowest BCUT2D eigenvalue weighted by Gasteiger charge is -2.16.